The van der Waals surface area contributed by atoms with Crippen molar-refractivity contribution in [2.75, 3.05) is 19.6 Å². The third-order valence-electron chi connectivity index (χ3n) is 3.68. The molecule has 114 valence electrons. The molecule has 1 N–H and O–H groups in total. The molecule has 6 heteroatoms. The van der Waals surface area contributed by atoms with Gasteiger partial charge >= 0.3 is 0 Å². The van der Waals surface area contributed by atoms with E-state index in [9.17, 15) is 13.6 Å². The topological polar surface area (TPSA) is 45.2 Å². The van der Waals surface area contributed by atoms with Crippen molar-refractivity contribution in [2.24, 2.45) is 0 Å². The lowest BCUT2D eigenvalue weighted by Crippen LogP contribution is -2.48. The van der Waals surface area contributed by atoms with Gasteiger partial charge in [-0.3, -0.25) is 9.78 Å². The Balaban J connectivity index is 1.91. The van der Waals surface area contributed by atoms with Crippen molar-refractivity contribution in [3.8, 4) is 0 Å². The first kappa shape index (κ1) is 14.6. The zero-order valence-corrected chi connectivity index (χ0v) is 11.8. The summed E-state index contributed by atoms with van der Waals surface area (Å²) in [7, 11) is 0. The van der Waals surface area contributed by atoms with Crippen molar-refractivity contribution in [3.05, 3.63) is 65.5 Å². The highest BCUT2D eigenvalue weighted by atomic mass is 19.1. The maximum absolute atomic E-state index is 13.3. The fourth-order valence-electron chi connectivity index (χ4n) is 2.66. The molecule has 22 heavy (non-hydrogen) atoms. The van der Waals surface area contributed by atoms with Gasteiger partial charge in [-0.15, -0.1) is 0 Å². The molecule has 4 nitrogen and oxygen atoms in total. The number of halogens is 2. The standard InChI is InChI=1S/C16H15F2N3O/c17-13-6-12(7-14(18)8-13)16(22)21-5-4-20-10-15(21)11-2-1-3-19-9-11/h1-3,6-9,15,20H,4-5,10H2. The monoisotopic (exact) mass is 303 g/mol. The smallest absolute Gasteiger partial charge is 0.254 e. The number of benzene rings is 1. The molecule has 1 atom stereocenters. The summed E-state index contributed by atoms with van der Waals surface area (Å²) in [6.07, 6.45) is 3.36. The molecule has 1 amide bonds. The molecule has 0 radical (unpaired) electrons. The van der Waals surface area contributed by atoms with E-state index in [1.165, 1.54) is 0 Å². The van der Waals surface area contributed by atoms with E-state index in [0.717, 1.165) is 23.8 Å². The highest BCUT2D eigenvalue weighted by Crippen LogP contribution is 2.24. The van der Waals surface area contributed by atoms with E-state index in [4.69, 9.17) is 0 Å². The predicted octanol–water partition coefficient (Wildman–Crippen LogP) is 2.15. The molecule has 1 aromatic heterocycles. The molecule has 1 unspecified atom stereocenters. The zero-order chi connectivity index (χ0) is 15.5. The maximum Gasteiger partial charge on any atom is 0.254 e. The SMILES string of the molecule is O=C(c1cc(F)cc(F)c1)N1CCNCC1c1cccnc1. The van der Waals surface area contributed by atoms with Crippen LogP contribution in [0.5, 0.6) is 0 Å². The Hall–Kier alpha value is -2.34. The van der Waals surface area contributed by atoms with Crippen LogP contribution >= 0.6 is 0 Å². The first-order chi connectivity index (χ1) is 10.6. The first-order valence-electron chi connectivity index (χ1n) is 7.03. The number of rotatable bonds is 2. The second-order valence-corrected chi connectivity index (χ2v) is 5.16. The quantitative estimate of drug-likeness (QED) is 0.924. The minimum absolute atomic E-state index is 0.0216. The molecule has 1 aromatic carbocycles. The second-order valence-electron chi connectivity index (χ2n) is 5.16. The van der Waals surface area contributed by atoms with Gasteiger partial charge in [-0.25, -0.2) is 8.78 Å². The van der Waals surface area contributed by atoms with E-state index in [-0.39, 0.29) is 17.5 Å². The van der Waals surface area contributed by atoms with E-state index in [1.807, 2.05) is 6.07 Å². The number of carbonyl (C=O) groups is 1. The first-order valence-corrected chi connectivity index (χ1v) is 7.03. The van der Waals surface area contributed by atoms with Gasteiger partial charge in [0.1, 0.15) is 11.6 Å². The summed E-state index contributed by atoms with van der Waals surface area (Å²) >= 11 is 0. The molecule has 1 saturated heterocycles. The molecule has 3 rings (SSSR count). The lowest BCUT2D eigenvalue weighted by atomic mass is 10.0. The van der Waals surface area contributed by atoms with Gasteiger partial charge in [-0.1, -0.05) is 6.07 Å². The van der Waals surface area contributed by atoms with E-state index in [1.54, 1.807) is 23.4 Å². The summed E-state index contributed by atoms with van der Waals surface area (Å²) in [4.78, 5) is 18.3. The molecule has 2 heterocycles. The van der Waals surface area contributed by atoms with Gasteiger partial charge < -0.3 is 10.2 Å². The maximum atomic E-state index is 13.3. The molecule has 0 saturated carbocycles. The highest BCUT2D eigenvalue weighted by Gasteiger charge is 2.29. The summed E-state index contributed by atoms with van der Waals surface area (Å²) in [5, 5.41) is 3.22. The average molecular weight is 303 g/mol. The number of piperazine rings is 1. The van der Waals surface area contributed by atoms with Crippen molar-refractivity contribution in [1.29, 1.82) is 0 Å². The Kier molecular flexibility index (Phi) is 4.11. The van der Waals surface area contributed by atoms with Crippen LogP contribution in [-0.2, 0) is 0 Å². The van der Waals surface area contributed by atoms with Gasteiger partial charge in [-0.05, 0) is 23.8 Å². The molecule has 0 bridgehead atoms. The molecule has 0 aliphatic carbocycles. The van der Waals surface area contributed by atoms with Gasteiger partial charge in [0, 0.05) is 43.7 Å². The summed E-state index contributed by atoms with van der Waals surface area (Å²) in [5.41, 5.74) is 0.910. The molecular weight excluding hydrogens is 288 g/mol. The Bertz CT molecular complexity index is 658. The van der Waals surface area contributed by atoms with Crippen LogP contribution in [-0.4, -0.2) is 35.4 Å². The number of hydrogen-bond donors (Lipinski definition) is 1. The molecule has 1 aliphatic rings. The van der Waals surface area contributed by atoms with Gasteiger partial charge in [0.15, 0.2) is 0 Å². The number of carbonyl (C=O) groups excluding carboxylic acids is 1. The fourth-order valence-corrected chi connectivity index (χ4v) is 2.66. The number of nitrogens with one attached hydrogen (secondary N) is 1. The number of pyridine rings is 1. The number of aromatic nitrogens is 1. The van der Waals surface area contributed by atoms with Crippen LogP contribution in [0, 0.1) is 11.6 Å². The van der Waals surface area contributed by atoms with Gasteiger partial charge in [0.25, 0.3) is 5.91 Å². The largest absolute Gasteiger partial charge is 0.329 e. The molecule has 2 aromatic rings. The van der Waals surface area contributed by atoms with E-state index >= 15 is 0 Å². The Morgan fingerprint density at radius 1 is 1.27 bits per heavy atom. The third-order valence-corrected chi connectivity index (χ3v) is 3.68. The molecular formula is C16H15F2N3O. The van der Waals surface area contributed by atoms with Crippen molar-refractivity contribution in [3.63, 3.8) is 0 Å². The van der Waals surface area contributed by atoms with Crippen LogP contribution in [0.4, 0.5) is 8.78 Å². The van der Waals surface area contributed by atoms with Gasteiger partial charge in [0.2, 0.25) is 0 Å². The second kappa shape index (κ2) is 6.19. The van der Waals surface area contributed by atoms with Crippen LogP contribution in [0.3, 0.4) is 0 Å². The molecule has 1 aliphatic heterocycles. The molecule has 1 fully saturated rings. The summed E-state index contributed by atoms with van der Waals surface area (Å²) < 4.78 is 26.7. The summed E-state index contributed by atoms with van der Waals surface area (Å²) in [6.45, 7) is 1.69. The third kappa shape index (κ3) is 2.96. The number of nitrogens with zero attached hydrogens (tertiary/aromatic N) is 2. The lowest BCUT2D eigenvalue weighted by Gasteiger charge is -2.36. The fraction of sp³-hybridized carbons (Fsp3) is 0.250. The minimum Gasteiger partial charge on any atom is -0.329 e. The predicted molar refractivity (Wildman–Crippen MR) is 77.2 cm³/mol. The average Bonchev–Trinajstić information content (AvgIpc) is 2.54. The highest BCUT2D eigenvalue weighted by molar-refractivity contribution is 5.94. The number of amides is 1. The van der Waals surface area contributed by atoms with Crippen LogP contribution in [0.1, 0.15) is 22.0 Å². The Morgan fingerprint density at radius 3 is 2.73 bits per heavy atom. The van der Waals surface area contributed by atoms with E-state index < -0.39 is 11.6 Å². The Labute approximate surface area is 126 Å². The van der Waals surface area contributed by atoms with Crippen molar-refractivity contribution >= 4 is 5.91 Å². The van der Waals surface area contributed by atoms with Crippen molar-refractivity contribution in [2.45, 2.75) is 6.04 Å². The van der Waals surface area contributed by atoms with Crippen molar-refractivity contribution < 1.29 is 13.6 Å². The zero-order valence-electron chi connectivity index (χ0n) is 11.8. The normalized spacial score (nSPS) is 18.3. The number of hydrogen-bond acceptors (Lipinski definition) is 3. The summed E-state index contributed by atoms with van der Waals surface area (Å²) in [6, 6.07) is 6.36. The summed E-state index contributed by atoms with van der Waals surface area (Å²) in [5.74, 6) is -1.89. The molecule has 0 spiro atoms. The minimum atomic E-state index is -0.753. The Morgan fingerprint density at radius 2 is 2.05 bits per heavy atom. The van der Waals surface area contributed by atoms with E-state index in [2.05, 4.69) is 10.3 Å². The van der Waals surface area contributed by atoms with Gasteiger partial charge in [0.05, 0.1) is 6.04 Å². The lowest BCUT2D eigenvalue weighted by molar-refractivity contribution is 0.0633. The van der Waals surface area contributed by atoms with Crippen molar-refractivity contribution in [1.82, 2.24) is 15.2 Å². The van der Waals surface area contributed by atoms with Crippen LogP contribution in [0.2, 0.25) is 0 Å². The van der Waals surface area contributed by atoms with Crippen LogP contribution < -0.4 is 5.32 Å². The van der Waals surface area contributed by atoms with Gasteiger partial charge in [-0.2, -0.15) is 0 Å². The van der Waals surface area contributed by atoms with E-state index in [0.29, 0.717) is 19.6 Å². The van der Waals surface area contributed by atoms with Crippen LogP contribution in [0.15, 0.2) is 42.7 Å². The van der Waals surface area contributed by atoms with Crippen LogP contribution in [0.25, 0.3) is 0 Å².